The van der Waals surface area contributed by atoms with Gasteiger partial charge >= 0.3 is 0 Å². The van der Waals surface area contributed by atoms with Gasteiger partial charge in [0.2, 0.25) is 0 Å². The Morgan fingerprint density at radius 3 is 2.21 bits per heavy atom. The van der Waals surface area contributed by atoms with Gasteiger partial charge in [-0.05, 0) is 44.4 Å². The van der Waals surface area contributed by atoms with Crippen molar-refractivity contribution in [2.24, 2.45) is 5.73 Å². The molecule has 1 atom stereocenters. The number of carbonyl (C=O) groups excluding carboxylic acids is 1. The van der Waals surface area contributed by atoms with Crippen LogP contribution in [0.5, 0.6) is 0 Å². The van der Waals surface area contributed by atoms with Crippen LogP contribution in [0.4, 0.5) is 0 Å². The van der Waals surface area contributed by atoms with E-state index in [1.165, 1.54) is 11.1 Å². The predicted octanol–water partition coefficient (Wildman–Crippen LogP) is 3.29. The van der Waals surface area contributed by atoms with Crippen molar-refractivity contribution >= 4 is 6.29 Å². The minimum Gasteiger partial charge on any atom is -0.461 e. The van der Waals surface area contributed by atoms with Crippen LogP contribution in [0.1, 0.15) is 34.2 Å². The summed E-state index contributed by atoms with van der Waals surface area (Å²) in [6.07, 6.45) is 3.21. The van der Waals surface area contributed by atoms with Crippen molar-refractivity contribution in [3.05, 3.63) is 59.0 Å². The molecule has 0 fully saturated rings. The maximum absolute atomic E-state index is 9.93. The Bertz CT molecular complexity index is 498. The molecule has 0 aliphatic heterocycles. The van der Waals surface area contributed by atoms with Crippen molar-refractivity contribution < 1.29 is 9.21 Å². The first-order valence-electron chi connectivity index (χ1n) is 6.32. The minimum absolute atomic E-state index is 0.262. The molecule has 2 aromatic rings. The second kappa shape index (κ2) is 7.54. The molecule has 1 unspecified atom stereocenters. The van der Waals surface area contributed by atoms with E-state index in [1.807, 2.05) is 13.8 Å². The van der Waals surface area contributed by atoms with Gasteiger partial charge in [0, 0.05) is 6.04 Å². The molecular formula is C16H21NO2. The summed E-state index contributed by atoms with van der Waals surface area (Å²) in [5, 5.41) is 0. The molecule has 0 aliphatic rings. The third-order valence-corrected chi connectivity index (χ3v) is 2.55. The molecule has 3 heteroatoms. The van der Waals surface area contributed by atoms with Gasteiger partial charge in [0.05, 0.1) is 6.26 Å². The number of furan rings is 1. The summed E-state index contributed by atoms with van der Waals surface area (Å²) in [6, 6.07) is 10.5. The van der Waals surface area contributed by atoms with Crippen LogP contribution in [0.25, 0.3) is 0 Å². The third kappa shape index (κ3) is 6.02. The molecule has 0 saturated heterocycles. The van der Waals surface area contributed by atoms with Crippen molar-refractivity contribution in [3.8, 4) is 0 Å². The Kier molecular flexibility index (Phi) is 6.03. The first-order chi connectivity index (χ1) is 9.01. The summed E-state index contributed by atoms with van der Waals surface area (Å²) in [7, 11) is 0. The number of hydrogen-bond acceptors (Lipinski definition) is 3. The van der Waals surface area contributed by atoms with Gasteiger partial charge < -0.3 is 10.2 Å². The highest BCUT2D eigenvalue weighted by molar-refractivity contribution is 5.70. The van der Waals surface area contributed by atoms with Gasteiger partial charge in [-0.3, -0.25) is 4.79 Å². The van der Waals surface area contributed by atoms with Crippen LogP contribution in [0, 0.1) is 13.8 Å². The lowest BCUT2D eigenvalue weighted by Gasteiger charge is -2.04. The molecule has 0 spiro atoms. The Labute approximate surface area is 114 Å². The Morgan fingerprint density at radius 2 is 1.84 bits per heavy atom. The van der Waals surface area contributed by atoms with Crippen LogP contribution in [0.2, 0.25) is 0 Å². The first kappa shape index (κ1) is 15.2. The molecule has 0 saturated carbocycles. The fourth-order valence-corrected chi connectivity index (χ4v) is 1.61. The molecule has 1 aromatic heterocycles. The van der Waals surface area contributed by atoms with Crippen LogP contribution in [-0.2, 0) is 6.42 Å². The predicted molar refractivity (Wildman–Crippen MR) is 77.4 cm³/mol. The summed E-state index contributed by atoms with van der Waals surface area (Å²) in [6.45, 7) is 5.99. The SMILES string of the molecule is Cc1ccc(CC(C)N)cc1.Cc1coc(C=O)c1. The molecule has 0 radical (unpaired) electrons. The molecule has 0 aliphatic carbocycles. The average Bonchev–Trinajstić information content (AvgIpc) is 2.78. The van der Waals surface area contributed by atoms with E-state index in [0.717, 1.165) is 12.0 Å². The van der Waals surface area contributed by atoms with Crippen LogP contribution in [0.3, 0.4) is 0 Å². The van der Waals surface area contributed by atoms with Crippen LogP contribution in [-0.4, -0.2) is 12.3 Å². The summed E-state index contributed by atoms with van der Waals surface area (Å²) < 4.78 is 4.75. The van der Waals surface area contributed by atoms with Crippen molar-refractivity contribution in [2.75, 3.05) is 0 Å². The molecular weight excluding hydrogens is 238 g/mol. The molecule has 102 valence electrons. The second-order valence-electron chi connectivity index (χ2n) is 4.81. The summed E-state index contributed by atoms with van der Waals surface area (Å²) in [5.74, 6) is 0.391. The topological polar surface area (TPSA) is 56.2 Å². The fourth-order valence-electron chi connectivity index (χ4n) is 1.61. The Morgan fingerprint density at radius 1 is 1.21 bits per heavy atom. The zero-order chi connectivity index (χ0) is 14.3. The van der Waals surface area contributed by atoms with E-state index in [0.29, 0.717) is 12.0 Å². The molecule has 19 heavy (non-hydrogen) atoms. The van der Waals surface area contributed by atoms with Crippen LogP contribution < -0.4 is 5.73 Å². The standard InChI is InChI=1S/C10H15N.C6H6O2/c1-8-3-5-10(6-4-8)7-9(2)11;1-5-2-6(3-7)8-4-5/h3-6,9H,7,11H2,1-2H3;2-4H,1H3. The van der Waals surface area contributed by atoms with Crippen LogP contribution >= 0.6 is 0 Å². The number of rotatable bonds is 3. The van der Waals surface area contributed by atoms with Crippen LogP contribution in [0.15, 0.2) is 41.0 Å². The normalized spacial score (nSPS) is 11.4. The van der Waals surface area contributed by atoms with Crippen molar-refractivity contribution in [2.45, 2.75) is 33.2 Å². The highest BCUT2D eigenvalue weighted by atomic mass is 16.3. The lowest BCUT2D eigenvalue weighted by Crippen LogP contribution is -2.17. The molecule has 1 aromatic carbocycles. The minimum atomic E-state index is 0.262. The van der Waals surface area contributed by atoms with E-state index < -0.39 is 0 Å². The van der Waals surface area contributed by atoms with E-state index in [2.05, 4.69) is 31.2 Å². The van der Waals surface area contributed by atoms with E-state index in [-0.39, 0.29) is 6.04 Å². The summed E-state index contributed by atoms with van der Waals surface area (Å²) >= 11 is 0. The number of hydrogen-bond donors (Lipinski definition) is 1. The van der Waals surface area contributed by atoms with Crippen molar-refractivity contribution in [3.63, 3.8) is 0 Å². The smallest absolute Gasteiger partial charge is 0.185 e. The summed E-state index contributed by atoms with van der Waals surface area (Å²) in [5.41, 5.74) is 9.27. The molecule has 2 N–H and O–H groups in total. The first-order valence-corrected chi connectivity index (χ1v) is 6.32. The molecule has 1 heterocycles. The largest absolute Gasteiger partial charge is 0.461 e. The zero-order valence-corrected chi connectivity index (χ0v) is 11.7. The number of benzene rings is 1. The van der Waals surface area contributed by atoms with Gasteiger partial charge in [0.15, 0.2) is 12.0 Å². The van der Waals surface area contributed by atoms with Crippen molar-refractivity contribution in [1.29, 1.82) is 0 Å². The molecule has 0 bridgehead atoms. The maximum Gasteiger partial charge on any atom is 0.185 e. The number of carbonyl (C=O) groups is 1. The number of nitrogens with two attached hydrogens (primary N) is 1. The van der Waals surface area contributed by atoms with E-state index in [9.17, 15) is 4.79 Å². The van der Waals surface area contributed by atoms with E-state index in [4.69, 9.17) is 10.2 Å². The quantitative estimate of drug-likeness (QED) is 0.860. The van der Waals surface area contributed by atoms with Gasteiger partial charge in [-0.25, -0.2) is 0 Å². The Balaban J connectivity index is 0.000000200. The fraction of sp³-hybridized carbons (Fsp3) is 0.312. The lowest BCUT2D eigenvalue weighted by molar-refractivity contribution is 0.110. The Hall–Kier alpha value is -1.87. The number of aryl methyl sites for hydroxylation is 2. The van der Waals surface area contributed by atoms with Gasteiger partial charge in [0.25, 0.3) is 0 Å². The van der Waals surface area contributed by atoms with Crippen molar-refractivity contribution in [1.82, 2.24) is 0 Å². The lowest BCUT2D eigenvalue weighted by atomic mass is 10.1. The van der Waals surface area contributed by atoms with E-state index in [1.54, 1.807) is 12.3 Å². The summed E-state index contributed by atoms with van der Waals surface area (Å²) in [4.78, 5) is 9.93. The molecule has 3 nitrogen and oxygen atoms in total. The average molecular weight is 259 g/mol. The van der Waals surface area contributed by atoms with Gasteiger partial charge in [-0.2, -0.15) is 0 Å². The van der Waals surface area contributed by atoms with Gasteiger partial charge in [-0.15, -0.1) is 0 Å². The highest BCUT2D eigenvalue weighted by Crippen LogP contribution is 2.04. The molecule has 2 rings (SSSR count). The highest BCUT2D eigenvalue weighted by Gasteiger charge is 1.95. The number of aldehydes is 1. The zero-order valence-electron chi connectivity index (χ0n) is 11.7. The van der Waals surface area contributed by atoms with Gasteiger partial charge in [0.1, 0.15) is 0 Å². The maximum atomic E-state index is 9.93. The van der Waals surface area contributed by atoms with E-state index >= 15 is 0 Å². The second-order valence-corrected chi connectivity index (χ2v) is 4.81. The third-order valence-electron chi connectivity index (χ3n) is 2.55. The molecule has 0 amide bonds. The van der Waals surface area contributed by atoms with Gasteiger partial charge in [-0.1, -0.05) is 29.8 Å². The monoisotopic (exact) mass is 259 g/mol.